The van der Waals surface area contributed by atoms with Crippen molar-refractivity contribution in [2.45, 2.75) is 12.8 Å². The van der Waals surface area contributed by atoms with Gasteiger partial charge in [-0.25, -0.2) is 4.98 Å². The average molecular weight is 230 g/mol. The van der Waals surface area contributed by atoms with E-state index in [0.29, 0.717) is 5.92 Å². The van der Waals surface area contributed by atoms with Gasteiger partial charge in [-0.1, -0.05) is 30.3 Å². The smallest absolute Gasteiger partial charge is 0.0991 e. The fourth-order valence-corrected chi connectivity index (χ4v) is 2.96. The summed E-state index contributed by atoms with van der Waals surface area (Å²) in [4.78, 5) is 6.11. The van der Waals surface area contributed by atoms with Crippen LogP contribution in [-0.2, 0) is 0 Å². The van der Waals surface area contributed by atoms with Crippen LogP contribution in [0.3, 0.4) is 0 Å². The molecule has 1 aliphatic heterocycles. The quantitative estimate of drug-likeness (QED) is 0.858. The normalized spacial score (nSPS) is 16.1. The lowest BCUT2D eigenvalue weighted by atomic mass is 10.1. The highest BCUT2D eigenvalue weighted by Crippen LogP contribution is 2.32. The molecule has 0 spiro atoms. The Morgan fingerprint density at radius 3 is 2.62 bits per heavy atom. The molecule has 3 heteroatoms. The minimum atomic E-state index is 0.640. The van der Waals surface area contributed by atoms with Gasteiger partial charge in [0.25, 0.3) is 0 Å². The first-order valence-corrected chi connectivity index (χ1v) is 6.39. The fraction of sp³-hybridized carbons (Fsp3) is 0.308. The number of hydrogen-bond donors (Lipinski definition) is 1. The molecule has 1 aromatic heterocycles. The topological polar surface area (TPSA) is 24.9 Å². The fourth-order valence-electron chi connectivity index (χ4n) is 1.92. The van der Waals surface area contributed by atoms with E-state index in [2.05, 4.69) is 36.5 Å². The second-order valence-corrected chi connectivity index (χ2v) is 5.41. The molecular weight excluding hydrogens is 216 g/mol. The molecule has 3 rings (SSSR count). The predicted octanol–water partition coefficient (Wildman–Crippen LogP) is 2.81. The zero-order valence-electron chi connectivity index (χ0n) is 9.23. The molecule has 0 atom stereocenters. The molecule has 0 bridgehead atoms. The van der Waals surface area contributed by atoms with Gasteiger partial charge < -0.3 is 5.32 Å². The maximum atomic E-state index is 4.78. The number of nitrogens with zero attached hydrogens (tertiary/aromatic N) is 1. The van der Waals surface area contributed by atoms with Gasteiger partial charge in [0.2, 0.25) is 0 Å². The summed E-state index contributed by atoms with van der Waals surface area (Å²) in [7, 11) is 0. The van der Waals surface area contributed by atoms with Crippen molar-refractivity contribution in [2.75, 3.05) is 13.1 Å². The Balaban J connectivity index is 1.98. The van der Waals surface area contributed by atoms with Crippen molar-refractivity contribution in [2.24, 2.45) is 0 Å². The van der Waals surface area contributed by atoms with Gasteiger partial charge in [0.05, 0.1) is 10.7 Å². The van der Waals surface area contributed by atoms with Crippen LogP contribution >= 0.6 is 11.3 Å². The molecule has 2 nitrogen and oxygen atoms in total. The zero-order chi connectivity index (χ0) is 11.0. The second-order valence-electron chi connectivity index (χ2n) is 4.18. The first kappa shape index (κ1) is 10.00. The lowest BCUT2D eigenvalue weighted by molar-refractivity contribution is 0.447. The maximum absolute atomic E-state index is 4.78. The first-order chi connectivity index (χ1) is 7.84. The summed E-state index contributed by atoms with van der Waals surface area (Å²) in [5.74, 6) is 0.640. The standard InChI is InChI=1S/C13H14N2S/c1-9-12(10-5-3-2-4-6-10)15-13(16-9)11-7-14-8-11/h2-6,11,14H,7-8H2,1H3. The van der Waals surface area contributed by atoms with Crippen molar-refractivity contribution in [3.8, 4) is 11.3 Å². The molecule has 2 heterocycles. The molecule has 82 valence electrons. The SMILES string of the molecule is Cc1sc(C2CNC2)nc1-c1ccccc1. The van der Waals surface area contributed by atoms with Crippen molar-refractivity contribution in [3.63, 3.8) is 0 Å². The molecule has 1 saturated heterocycles. The van der Waals surface area contributed by atoms with Crippen molar-refractivity contribution >= 4 is 11.3 Å². The third kappa shape index (κ3) is 1.66. The summed E-state index contributed by atoms with van der Waals surface area (Å²) in [6.45, 7) is 4.33. The maximum Gasteiger partial charge on any atom is 0.0991 e. The van der Waals surface area contributed by atoms with E-state index in [1.165, 1.54) is 15.4 Å². The van der Waals surface area contributed by atoms with Gasteiger partial charge >= 0.3 is 0 Å². The molecule has 1 N–H and O–H groups in total. The summed E-state index contributed by atoms with van der Waals surface area (Å²) < 4.78 is 0. The Labute approximate surface area is 99.4 Å². The molecule has 0 saturated carbocycles. The van der Waals surface area contributed by atoms with Gasteiger partial charge in [0.15, 0.2) is 0 Å². The van der Waals surface area contributed by atoms with Gasteiger partial charge in [0, 0.05) is 29.4 Å². The zero-order valence-corrected chi connectivity index (χ0v) is 10.1. The molecule has 1 fully saturated rings. The van der Waals surface area contributed by atoms with Crippen molar-refractivity contribution in [1.82, 2.24) is 10.3 Å². The number of nitrogens with one attached hydrogen (secondary N) is 1. The molecule has 16 heavy (non-hydrogen) atoms. The number of benzene rings is 1. The average Bonchev–Trinajstić information content (AvgIpc) is 2.59. The third-order valence-electron chi connectivity index (χ3n) is 2.99. The van der Waals surface area contributed by atoms with E-state index in [0.717, 1.165) is 18.8 Å². The van der Waals surface area contributed by atoms with Crippen LogP contribution < -0.4 is 5.32 Å². The number of hydrogen-bond acceptors (Lipinski definition) is 3. The molecule has 0 unspecified atom stereocenters. The predicted molar refractivity (Wildman–Crippen MR) is 67.9 cm³/mol. The van der Waals surface area contributed by atoms with Gasteiger partial charge in [-0.2, -0.15) is 0 Å². The molecule has 0 amide bonds. The van der Waals surface area contributed by atoms with Crippen LogP contribution in [-0.4, -0.2) is 18.1 Å². The van der Waals surface area contributed by atoms with Crippen LogP contribution in [0.1, 0.15) is 15.8 Å². The van der Waals surface area contributed by atoms with Gasteiger partial charge in [-0.15, -0.1) is 11.3 Å². The first-order valence-electron chi connectivity index (χ1n) is 5.58. The molecule has 2 aromatic rings. The van der Waals surface area contributed by atoms with Gasteiger partial charge in [-0.3, -0.25) is 0 Å². The Hall–Kier alpha value is -1.19. The Morgan fingerprint density at radius 1 is 1.25 bits per heavy atom. The van der Waals surface area contributed by atoms with E-state index in [9.17, 15) is 0 Å². The number of rotatable bonds is 2. The minimum Gasteiger partial charge on any atom is -0.315 e. The summed E-state index contributed by atoms with van der Waals surface area (Å²) in [6, 6.07) is 10.4. The van der Waals surface area contributed by atoms with Crippen molar-refractivity contribution < 1.29 is 0 Å². The van der Waals surface area contributed by atoms with Crippen LogP contribution in [0.25, 0.3) is 11.3 Å². The lowest BCUT2D eigenvalue weighted by Crippen LogP contribution is -2.39. The van der Waals surface area contributed by atoms with E-state index < -0.39 is 0 Å². The van der Waals surface area contributed by atoms with Crippen molar-refractivity contribution in [1.29, 1.82) is 0 Å². The molecule has 1 aromatic carbocycles. The highest BCUT2D eigenvalue weighted by molar-refractivity contribution is 7.12. The van der Waals surface area contributed by atoms with Crippen LogP contribution in [0, 0.1) is 6.92 Å². The monoisotopic (exact) mass is 230 g/mol. The second kappa shape index (κ2) is 4.00. The molecule has 1 aliphatic rings. The van der Waals surface area contributed by atoms with Crippen LogP contribution in [0.5, 0.6) is 0 Å². The summed E-state index contributed by atoms with van der Waals surface area (Å²) in [5.41, 5.74) is 2.39. The highest BCUT2D eigenvalue weighted by Gasteiger charge is 2.23. The third-order valence-corrected chi connectivity index (χ3v) is 4.12. The summed E-state index contributed by atoms with van der Waals surface area (Å²) >= 11 is 1.84. The highest BCUT2D eigenvalue weighted by atomic mass is 32.1. The van der Waals surface area contributed by atoms with E-state index in [1.807, 2.05) is 17.4 Å². The van der Waals surface area contributed by atoms with E-state index in [-0.39, 0.29) is 0 Å². The largest absolute Gasteiger partial charge is 0.315 e. The summed E-state index contributed by atoms with van der Waals surface area (Å²) in [6.07, 6.45) is 0. The van der Waals surface area contributed by atoms with E-state index in [4.69, 9.17) is 4.98 Å². The molecular formula is C13H14N2S. The van der Waals surface area contributed by atoms with Crippen LogP contribution in [0.15, 0.2) is 30.3 Å². The Bertz CT molecular complexity index is 486. The van der Waals surface area contributed by atoms with Gasteiger partial charge in [-0.05, 0) is 6.92 Å². The Kier molecular flexibility index (Phi) is 2.50. The Morgan fingerprint density at radius 2 is 2.00 bits per heavy atom. The minimum absolute atomic E-state index is 0.640. The van der Waals surface area contributed by atoms with Crippen molar-refractivity contribution in [3.05, 3.63) is 40.2 Å². The molecule has 0 radical (unpaired) electrons. The number of thiazole rings is 1. The number of aromatic nitrogens is 1. The van der Waals surface area contributed by atoms with Crippen LogP contribution in [0.4, 0.5) is 0 Å². The summed E-state index contributed by atoms with van der Waals surface area (Å²) in [5, 5.41) is 4.58. The van der Waals surface area contributed by atoms with E-state index >= 15 is 0 Å². The molecule has 0 aliphatic carbocycles. The van der Waals surface area contributed by atoms with Crippen LogP contribution in [0.2, 0.25) is 0 Å². The van der Waals surface area contributed by atoms with Gasteiger partial charge in [0.1, 0.15) is 0 Å². The number of aryl methyl sites for hydroxylation is 1. The van der Waals surface area contributed by atoms with E-state index in [1.54, 1.807) is 0 Å². The lowest BCUT2D eigenvalue weighted by Gasteiger charge is -2.24.